The summed E-state index contributed by atoms with van der Waals surface area (Å²) in [5.41, 5.74) is 1.52. The van der Waals surface area contributed by atoms with E-state index in [2.05, 4.69) is 20.2 Å². The molecule has 33 heavy (non-hydrogen) atoms. The lowest BCUT2D eigenvalue weighted by atomic mass is 10.2. The van der Waals surface area contributed by atoms with Crippen molar-refractivity contribution < 1.29 is 13.9 Å². The fraction of sp³-hybridized carbons (Fsp3) is 0.417. The minimum atomic E-state index is -0.141. The zero-order valence-electron chi connectivity index (χ0n) is 19.4. The van der Waals surface area contributed by atoms with Crippen molar-refractivity contribution in [1.29, 1.82) is 0 Å². The van der Waals surface area contributed by atoms with E-state index in [1.807, 2.05) is 50.5 Å². The Morgan fingerprint density at radius 1 is 1.15 bits per heavy atom. The monoisotopic (exact) mass is 472 g/mol. The van der Waals surface area contributed by atoms with E-state index < -0.39 is 0 Å². The molecule has 2 aromatic heterocycles. The van der Waals surface area contributed by atoms with Crippen LogP contribution in [-0.2, 0) is 30.1 Å². The Bertz CT molecular complexity index is 1030. The van der Waals surface area contributed by atoms with Gasteiger partial charge in [-0.3, -0.25) is 9.78 Å². The number of rotatable bonds is 14. The van der Waals surface area contributed by atoms with Crippen molar-refractivity contribution in [2.75, 3.05) is 45.4 Å². The average Bonchev–Trinajstić information content (AvgIpc) is 3.24. The van der Waals surface area contributed by atoms with Gasteiger partial charge in [0.2, 0.25) is 5.95 Å². The normalized spacial score (nSPS) is 11.2. The second kappa shape index (κ2) is 13.1. The molecule has 178 valence electrons. The topological polar surface area (TPSA) is 92.6 Å². The van der Waals surface area contributed by atoms with E-state index in [1.54, 1.807) is 25.1 Å². The highest BCUT2D eigenvalue weighted by molar-refractivity contribution is 7.98. The molecule has 0 amide bonds. The summed E-state index contributed by atoms with van der Waals surface area (Å²) in [6.07, 6.45) is 2.12. The first-order valence-electron chi connectivity index (χ1n) is 10.9. The molecular weight excluding hydrogens is 440 g/mol. The number of methoxy groups -OCH3 is 1. The van der Waals surface area contributed by atoms with E-state index in [0.717, 1.165) is 40.9 Å². The van der Waals surface area contributed by atoms with Crippen LogP contribution >= 0.6 is 11.8 Å². The Morgan fingerprint density at radius 3 is 2.67 bits per heavy atom. The van der Waals surface area contributed by atoms with E-state index in [-0.39, 0.29) is 5.56 Å². The summed E-state index contributed by atoms with van der Waals surface area (Å²) in [7, 11) is 5.68. The maximum atomic E-state index is 12.3. The highest BCUT2D eigenvalue weighted by atomic mass is 32.2. The predicted molar refractivity (Wildman–Crippen MR) is 132 cm³/mol. The van der Waals surface area contributed by atoms with Gasteiger partial charge in [0, 0.05) is 30.5 Å². The van der Waals surface area contributed by atoms with Crippen LogP contribution in [0.1, 0.15) is 22.6 Å². The van der Waals surface area contributed by atoms with E-state index >= 15 is 0 Å². The Hall–Kier alpha value is -2.75. The molecule has 3 aromatic rings. The third-order valence-corrected chi connectivity index (χ3v) is 5.77. The fourth-order valence-electron chi connectivity index (χ4n) is 3.09. The standard InChI is InChI=1S/C24H32N4O4S/c1-28(2)15-21-8-9-22(32-21)17-33-13-11-25-24-26-14-19(23(29)27-24)10-12-31-16-18-4-6-20(30-3)7-5-18/h4-9,14H,10-13,15-17H2,1-3H3,(H2,25,26,27,29). The minimum Gasteiger partial charge on any atom is -0.497 e. The molecule has 2 heterocycles. The van der Waals surface area contributed by atoms with Crippen molar-refractivity contribution in [2.45, 2.75) is 25.3 Å². The van der Waals surface area contributed by atoms with E-state index in [9.17, 15) is 4.79 Å². The third kappa shape index (κ3) is 8.60. The average molecular weight is 473 g/mol. The molecule has 0 aliphatic carbocycles. The summed E-state index contributed by atoms with van der Waals surface area (Å²) >= 11 is 1.77. The smallest absolute Gasteiger partial charge is 0.255 e. The molecule has 3 rings (SSSR count). The number of nitrogens with one attached hydrogen (secondary N) is 2. The van der Waals surface area contributed by atoms with E-state index in [4.69, 9.17) is 13.9 Å². The van der Waals surface area contributed by atoms with Crippen molar-refractivity contribution in [1.82, 2.24) is 14.9 Å². The van der Waals surface area contributed by atoms with Gasteiger partial charge in [0.1, 0.15) is 17.3 Å². The van der Waals surface area contributed by atoms with Crippen LogP contribution in [0.25, 0.3) is 0 Å². The molecule has 0 saturated heterocycles. The van der Waals surface area contributed by atoms with Gasteiger partial charge in [-0.25, -0.2) is 4.98 Å². The number of nitrogens with zero attached hydrogens (tertiary/aromatic N) is 2. The lowest BCUT2D eigenvalue weighted by Gasteiger charge is -2.07. The molecule has 0 aliphatic heterocycles. The van der Waals surface area contributed by atoms with Gasteiger partial charge in [-0.2, -0.15) is 11.8 Å². The summed E-state index contributed by atoms with van der Waals surface area (Å²) in [6.45, 7) is 2.43. The Balaban J connectivity index is 1.32. The molecule has 0 aliphatic rings. The molecule has 0 unspecified atom stereocenters. The zero-order chi connectivity index (χ0) is 23.5. The van der Waals surface area contributed by atoms with Crippen molar-refractivity contribution in [3.8, 4) is 5.75 Å². The maximum Gasteiger partial charge on any atom is 0.255 e. The number of benzene rings is 1. The number of furan rings is 1. The van der Waals surface area contributed by atoms with Crippen molar-refractivity contribution in [3.63, 3.8) is 0 Å². The highest BCUT2D eigenvalue weighted by Gasteiger charge is 2.05. The van der Waals surface area contributed by atoms with Gasteiger partial charge in [-0.05, 0) is 43.9 Å². The van der Waals surface area contributed by atoms with Crippen LogP contribution in [0.3, 0.4) is 0 Å². The molecule has 8 nitrogen and oxygen atoms in total. The summed E-state index contributed by atoms with van der Waals surface area (Å²) < 4.78 is 16.6. The Labute approximate surface area is 198 Å². The summed E-state index contributed by atoms with van der Waals surface area (Å²) in [4.78, 5) is 21.5. The van der Waals surface area contributed by atoms with Crippen LogP contribution < -0.4 is 15.6 Å². The maximum absolute atomic E-state index is 12.3. The predicted octanol–water partition coefficient (Wildman–Crippen LogP) is 3.54. The number of hydrogen-bond donors (Lipinski definition) is 2. The first-order chi connectivity index (χ1) is 16.0. The van der Waals surface area contributed by atoms with Crippen molar-refractivity contribution in [3.05, 3.63) is 75.6 Å². The number of hydrogen-bond acceptors (Lipinski definition) is 8. The molecule has 2 N–H and O–H groups in total. The van der Waals surface area contributed by atoms with Crippen LogP contribution in [0.5, 0.6) is 5.75 Å². The van der Waals surface area contributed by atoms with E-state index in [0.29, 0.717) is 37.7 Å². The van der Waals surface area contributed by atoms with Gasteiger partial charge in [-0.15, -0.1) is 0 Å². The van der Waals surface area contributed by atoms with Crippen LogP contribution in [0.2, 0.25) is 0 Å². The first-order valence-corrected chi connectivity index (χ1v) is 12.0. The molecule has 9 heteroatoms. The van der Waals surface area contributed by atoms with Crippen LogP contribution in [-0.4, -0.2) is 55.0 Å². The molecule has 1 aromatic carbocycles. The number of aromatic nitrogens is 2. The molecule has 0 fully saturated rings. The van der Waals surface area contributed by atoms with Gasteiger partial charge in [0.05, 0.1) is 32.6 Å². The number of anilines is 1. The number of aromatic amines is 1. The van der Waals surface area contributed by atoms with Crippen LogP contribution in [0.4, 0.5) is 5.95 Å². The molecule has 0 saturated carbocycles. The largest absolute Gasteiger partial charge is 0.497 e. The molecular formula is C24H32N4O4S. The minimum absolute atomic E-state index is 0.141. The van der Waals surface area contributed by atoms with Gasteiger partial charge < -0.3 is 24.1 Å². The zero-order valence-corrected chi connectivity index (χ0v) is 20.2. The summed E-state index contributed by atoms with van der Waals surface area (Å²) in [6, 6.07) is 11.8. The molecule has 0 bridgehead atoms. The molecule has 0 atom stereocenters. The first kappa shape index (κ1) is 24.9. The lowest BCUT2D eigenvalue weighted by Crippen LogP contribution is -2.19. The van der Waals surface area contributed by atoms with Crippen LogP contribution in [0, 0.1) is 0 Å². The number of ether oxygens (including phenoxy) is 2. The Kier molecular flexibility index (Phi) is 9.86. The van der Waals surface area contributed by atoms with E-state index in [1.165, 1.54) is 0 Å². The van der Waals surface area contributed by atoms with Gasteiger partial charge in [-0.1, -0.05) is 12.1 Å². The van der Waals surface area contributed by atoms with Gasteiger partial charge in [0.25, 0.3) is 5.56 Å². The second-order valence-corrected chi connectivity index (χ2v) is 8.93. The fourth-order valence-corrected chi connectivity index (χ4v) is 3.84. The Morgan fingerprint density at radius 2 is 1.94 bits per heavy atom. The SMILES string of the molecule is COc1ccc(COCCc2cnc(NCCSCc3ccc(CN(C)C)o3)[nH]c2=O)cc1. The van der Waals surface area contributed by atoms with Crippen molar-refractivity contribution in [2.24, 2.45) is 0 Å². The van der Waals surface area contributed by atoms with Crippen LogP contribution in [0.15, 0.2) is 51.8 Å². The van der Waals surface area contributed by atoms with Crippen molar-refractivity contribution >= 4 is 17.7 Å². The molecule has 0 spiro atoms. The molecule has 0 radical (unpaired) electrons. The highest BCUT2D eigenvalue weighted by Crippen LogP contribution is 2.16. The lowest BCUT2D eigenvalue weighted by molar-refractivity contribution is 0.123. The third-order valence-electron chi connectivity index (χ3n) is 4.79. The van der Waals surface area contributed by atoms with Gasteiger partial charge in [0.15, 0.2) is 0 Å². The summed E-state index contributed by atoms with van der Waals surface area (Å²) in [5, 5.41) is 3.16. The number of thioether (sulfide) groups is 1. The second-order valence-electron chi connectivity index (χ2n) is 7.82. The number of H-pyrrole nitrogens is 1. The summed E-state index contributed by atoms with van der Waals surface area (Å²) in [5.74, 6) is 4.93. The van der Waals surface area contributed by atoms with Gasteiger partial charge >= 0.3 is 0 Å². The quantitative estimate of drug-likeness (QED) is 0.344.